The Bertz CT molecular complexity index is 898. The molecule has 24 heavy (non-hydrogen) atoms. The molecular weight excluding hydrogens is 322 g/mol. The summed E-state index contributed by atoms with van der Waals surface area (Å²) in [4.78, 5) is 18.9. The third-order valence-electron chi connectivity index (χ3n) is 4.06. The van der Waals surface area contributed by atoms with E-state index >= 15 is 0 Å². The van der Waals surface area contributed by atoms with Crippen LogP contribution in [0.5, 0.6) is 0 Å². The number of carbonyl (C=O) groups excluding carboxylic acids is 1. The summed E-state index contributed by atoms with van der Waals surface area (Å²) in [5.41, 5.74) is 3.05. The second kappa shape index (κ2) is 5.98. The molecule has 3 aromatic rings. The molecule has 0 unspecified atom stereocenters. The average molecular weight is 336 g/mol. The van der Waals surface area contributed by atoms with Gasteiger partial charge in [0.2, 0.25) is 0 Å². The van der Waals surface area contributed by atoms with Gasteiger partial charge in [-0.25, -0.2) is 0 Å². The molecule has 4 nitrogen and oxygen atoms in total. The summed E-state index contributed by atoms with van der Waals surface area (Å²) in [6.07, 6.45) is 3.08. The van der Waals surface area contributed by atoms with E-state index in [4.69, 9.17) is 11.6 Å². The summed E-state index contributed by atoms with van der Waals surface area (Å²) in [6, 6.07) is 18.6. The van der Waals surface area contributed by atoms with Crippen LogP contribution in [-0.4, -0.2) is 10.9 Å². The maximum absolute atomic E-state index is 13.2. The van der Waals surface area contributed by atoms with Gasteiger partial charge in [-0.2, -0.15) is 0 Å². The first-order valence-corrected chi connectivity index (χ1v) is 7.97. The normalized spacial score (nSPS) is 16.5. The van der Waals surface area contributed by atoms with Gasteiger partial charge >= 0.3 is 0 Å². The summed E-state index contributed by atoms with van der Waals surface area (Å²) < 4.78 is 0. The van der Waals surface area contributed by atoms with Crippen molar-refractivity contribution in [2.45, 2.75) is 6.17 Å². The number of nitrogens with zero attached hydrogens (tertiary/aromatic N) is 2. The first-order valence-electron chi connectivity index (χ1n) is 7.59. The van der Waals surface area contributed by atoms with Crippen molar-refractivity contribution in [2.75, 3.05) is 10.2 Å². The third kappa shape index (κ3) is 2.41. The summed E-state index contributed by atoms with van der Waals surface area (Å²) in [7, 11) is 0. The maximum atomic E-state index is 13.2. The minimum absolute atomic E-state index is 0.0840. The van der Waals surface area contributed by atoms with Gasteiger partial charge in [0.25, 0.3) is 5.91 Å². The monoisotopic (exact) mass is 335 g/mol. The van der Waals surface area contributed by atoms with Gasteiger partial charge in [-0.1, -0.05) is 35.9 Å². The summed E-state index contributed by atoms with van der Waals surface area (Å²) >= 11 is 6.37. The van der Waals surface area contributed by atoms with Crippen molar-refractivity contribution in [3.63, 3.8) is 0 Å². The van der Waals surface area contributed by atoms with Crippen molar-refractivity contribution in [1.82, 2.24) is 4.98 Å². The Kier molecular flexibility index (Phi) is 3.67. The van der Waals surface area contributed by atoms with Crippen LogP contribution in [0.25, 0.3) is 0 Å². The molecule has 1 aliphatic rings. The Morgan fingerprint density at radius 3 is 2.46 bits per heavy atom. The van der Waals surface area contributed by atoms with Crippen LogP contribution >= 0.6 is 11.6 Å². The van der Waals surface area contributed by atoms with Crippen molar-refractivity contribution in [2.24, 2.45) is 0 Å². The van der Waals surface area contributed by atoms with Crippen LogP contribution in [0.2, 0.25) is 5.02 Å². The molecule has 1 N–H and O–H groups in total. The summed E-state index contributed by atoms with van der Waals surface area (Å²) in [5.74, 6) is -0.0840. The molecule has 2 aromatic carbocycles. The maximum Gasteiger partial charge on any atom is 0.262 e. The Labute approximate surface area is 144 Å². The summed E-state index contributed by atoms with van der Waals surface area (Å²) in [6.45, 7) is 0. The Morgan fingerprint density at radius 2 is 1.67 bits per heavy atom. The van der Waals surface area contributed by atoms with Crippen molar-refractivity contribution in [3.8, 4) is 0 Å². The number of amides is 1. The summed E-state index contributed by atoms with van der Waals surface area (Å²) in [5, 5.41) is 3.97. The molecule has 4 rings (SSSR count). The molecule has 2 heterocycles. The van der Waals surface area contributed by atoms with Crippen molar-refractivity contribution in [1.29, 1.82) is 0 Å². The van der Waals surface area contributed by atoms with Gasteiger partial charge in [0, 0.05) is 18.1 Å². The highest BCUT2D eigenvalue weighted by molar-refractivity contribution is 6.34. The largest absolute Gasteiger partial charge is 0.360 e. The van der Waals surface area contributed by atoms with E-state index in [1.54, 1.807) is 23.4 Å². The molecule has 0 saturated heterocycles. The lowest BCUT2D eigenvalue weighted by molar-refractivity contribution is 0.0975. The van der Waals surface area contributed by atoms with Crippen LogP contribution < -0.4 is 10.2 Å². The highest BCUT2D eigenvalue weighted by Crippen LogP contribution is 2.39. The molecular formula is C19H14ClN3O. The topological polar surface area (TPSA) is 45.2 Å². The number of para-hydroxylation sites is 2. The van der Waals surface area contributed by atoms with Gasteiger partial charge in [0.15, 0.2) is 0 Å². The van der Waals surface area contributed by atoms with Crippen molar-refractivity contribution >= 4 is 28.9 Å². The fourth-order valence-electron chi connectivity index (χ4n) is 2.93. The number of hydrogen-bond acceptors (Lipinski definition) is 3. The van der Waals surface area contributed by atoms with Crippen molar-refractivity contribution in [3.05, 3.63) is 89.2 Å². The number of halogens is 1. The highest BCUT2D eigenvalue weighted by Gasteiger charge is 2.34. The predicted octanol–water partition coefficient (Wildman–Crippen LogP) is 4.51. The van der Waals surface area contributed by atoms with Gasteiger partial charge < -0.3 is 5.32 Å². The van der Waals surface area contributed by atoms with Crippen LogP contribution in [0.4, 0.5) is 11.4 Å². The molecule has 1 atom stereocenters. The third-order valence-corrected chi connectivity index (χ3v) is 4.38. The van der Waals surface area contributed by atoms with Crippen LogP contribution in [0, 0.1) is 0 Å². The van der Waals surface area contributed by atoms with E-state index < -0.39 is 0 Å². The molecule has 1 amide bonds. The van der Waals surface area contributed by atoms with Crippen molar-refractivity contribution < 1.29 is 4.79 Å². The van der Waals surface area contributed by atoms with E-state index in [9.17, 15) is 4.79 Å². The molecule has 0 bridgehead atoms. The van der Waals surface area contributed by atoms with Gasteiger partial charge in [-0.3, -0.25) is 14.7 Å². The van der Waals surface area contributed by atoms with Gasteiger partial charge in [-0.05, 0) is 42.0 Å². The quantitative estimate of drug-likeness (QED) is 0.749. The lowest BCUT2D eigenvalue weighted by atomic mass is 10.0. The minimum Gasteiger partial charge on any atom is -0.360 e. The second-order valence-electron chi connectivity index (χ2n) is 5.50. The Morgan fingerprint density at radius 1 is 0.958 bits per heavy atom. The lowest BCUT2D eigenvalue weighted by Crippen LogP contribution is -2.43. The highest BCUT2D eigenvalue weighted by atomic mass is 35.5. The zero-order valence-electron chi connectivity index (χ0n) is 12.7. The molecule has 0 aliphatic carbocycles. The van der Waals surface area contributed by atoms with E-state index in [-0.39, 0.29) is 12.1 Å². The van der Waals surface area contributed by atoms with E-state index in [1.165, 1.54) is 0 Å². The number of fused-ring (bicyclic) bond motifs is 1. The fourth-order valence-corrected chi connectivity index (χ4v) is 3.15. The molecule has 1 aliphatic heterocycles. The molecule has 5 heteroatoms. The average Bonchev–Trinajstić information content (AvgIpc) is 2.63. The van der Waals surface area contributed by atoms with Crippen LogP contribution in [0.1, 0.15) is 22.1 Å². The molecule has 118 valence electrons. The SMILES string of the molecule is O=C1c2ccccc2N[C@H](c2ccncc2)N1c1ccccc1Cl. The smallest absolute Gasteiger partial charge is 0.262 e. The number of carbonyl (C=O) groups is 1. The fraction of sp³-hybridized carbons (Fsp3) is 0.0526. The Balaban J connectivity index is 1.90. The van der Waals surface area contributed by atoms with Crippen LogP contribution in [-0.2, 0) is 0 Å². The molecule has 1 aromatic heterocycles. The molecule has 0 radical (unpaired) electrons. The van der Waals surface area contributed by atoms with E-state index in [1.807, 2.05) is 54.6 Å². The number of aromatic nitrogens is 1. The van der Waals surface area contributed by atoms with Crippen LogP contribution in [0.15, 0.2) is 73.1 Å². The van der Waals surface area contributed by atoms with Crippen LogP contribution in [0.3, 0.4) is 0 Å². The van der Waals surface area contributed by atoms with Gasteiger partial charge in [-0.15, -0.1) is 0 Å². The second-order valence-corrected chi connectivity index (χ2v) is 5.91. The minimum atomic E-state index is -0.352. The first kappa shape index (κ1) is 14.7. The standard InChI is InChI=1S/C19H14ClN3O/c20-15-6-2-4-8-17(15)23-18(13-9-11-21-12-10-13)22-16-7-3-1-5-14(16)19(23)24/h1-12,18,22H/t18-/m0/s1. The van der Waals surface area contributed by atoms with Gasteiger partial charge in [0.05, 0.1) is 16.3 Å². The van der Waals surface area contributed by atoms with Gasteiger partial charge in [0.1, 0.15) is 6.17 Å². The van der Waals surface area contributed by atoms with E-state index in [2.05, 4.69) is 10.3 Å². The molecule has 0 spiro atoms. The lowest BCUT2D eigenvalue weighted by Gasteiger charge is -2.38. The molecule has 0 saturated carbocycles. The first-order chi connectivity index (χ1) is 11.8. The zero-order valence-corrected chi connectivity index (χ0v) is 13.4. The Hall–Kier alpha value is -2.85. The number of pyridine rings is 1. The number of anilines is 2. The van der Waals surface area contributed by atoms with E-state index in [0.717, 1.165) is 11.3 Å². The number of hydrogen-bond donors (Lipinski definition) is 1. The number of nitrogens with one attached hydrogen (secondary N) is 1. The number of benzene rings is 2. The number of rotatable bonds is 2. The van der Waals surface area contributed by atoms with E-state index in [0.29, 0.717) is 16.3 Å². The molecule has 0 fully saturated rings. The zero-order chi connectivity index (χ0) is 16.5. The predicted molar refractivity (Wildman–Crippen MR) is 95.3 cm³/mol.